The molecule has 1 heterocycles. The summed E-state index contributed by atoms with van der Waals surface area (Å²) in [5.74, 6) is -6.59. The minimum Gasteiger partial charge on any atom is -0.497 e. The Labute approximate surface area is 443 Å². The molecule has 1 aliphatic heterocycles. The van der Waals surface area contributed by atoms with Gasteiger partial charge in [0.2, 0.25) is 41.4 Å². The van der Waals surface area contributed by atoms with Crippen molar-refractivity contribution in [1.82, 2.24) is 36.8 Å². The maximum Gasteiger partial charge on any atom is 0.331 e. The summed E-state index contributed by atoms with van der Waals surface area (Å²) in [7, 11) is 1.49. The number of ketones is 1. The smallest absolute Gasteiger partial charge is 0.331 e. The summed E-state index contributed by atoms with van der Waals surface area (Å²) in [4.78, 5) is 126. The monoisotopic (exact) mass is 1070 g/mol. The van der Waals surface area contributed by atoms with Crippen molar-refractivity contribution in [1.29, 1.82) is 0 Å². The second kappa shape index (κ2) is 35.5. The molecule has 0 saturated carbocycles. The molecule has 1 aromatic carbocycles. The van der Waals surface area contributed by atoms with Gasteiger partial charge in [-0.1, -0.05) is 24.6 Å². The van der Waals surface area contributed by atoms with Crippen molar-refractivity contribution in [2.75, 3.05) is 52.9 Å². The topological polar surface area (TPSA) is 473 Å². The zero-order chi connectivity index (χ0) is 56.7. The number of benzene rings is 1. The van der Waals surface area contributed by atoms with Gasteiger partial charge in [-0.25, -0.2) is 4.79 Å². The average Bonchev–Trinajstić information content (AvgIpc) is 3.90. The normalized spacial score (nSPS) is 16.1. The number of Topliss-reactive ketones (excluding diaryl/α,β-unsaturated/α-hetero) is 1. The molecule has 2 rings (SSSR count). The number of hydrogen-bond acceptors (Lipinski definition) is 17. The predicted octanol–water partition coefficient (Wildman–Crippen LogP) is -4.54. The lowest BCUT2D eigenvalue weighted by Crippen LogP contribution is -2.60. The molecule has 426 valence electrons. The number of aliphatic hydroxyl groups excluding tert-OH is 1. The van der Waals surface area contributed by atoms with E-state index >= 15 is 0 Å². The van der Waals surface area contributed by atoms with Crippen LogP contribution in [0.4, 0.5) is 0 Å². The first-order valence-corrected chi connectivity index (χ1v) is 25.7. The molecule has 7 amide bonds. The summed E-state index contributed by atoms with van der Waals surface area (Å²) in [6.07, 6.45) is 3.21. The molecule has 0 bridgehead atoms. The number of carbonyl (C=O) groups excluding carboxylic acids is 8. The van der Waals surface area contributed by atoms with Crippen LogP contribution in [0.15, 0.2) is 40.9 Å². The fourth-order valence-corrected chi connectivity index (χ4v) is 8.10. The van der Waals surface area contributed by atoms with Crippen molar-refractivity contribution in [2.24, 2.45) is 45.1 Å². The van der Waals surface area contributed by atoms with Gasteiger partial charge in [-0.15, -0.1) is 0 Å². The summed E-state index contributed by atoms with van der Waals surface area (Å²) in [6.45, 7) is 1.37. The molecule has 22 N–H and O–H groups in total. The van der Waals surface area contributed by atoms with Gasteiger partial charge in [0.15, 0.2) is 11.7 Å². The first-order valence-electron chi connectivity index (χ1n) is 25.7. The lowest BCUT2D eigenvalue weighted by atomic mass is 9.97. The molecule has 0 aliphatic carbocycles. The molecule has 1 unspecified atom stereocenters. The highest BCUT2D eigenvalue weighted by molar-refractivity contribution is 5.98. The molecule has 27 heteroatoms. The average molecular weight is 1070 g/mol. The number of aliphatic hydroxyl groups is 1. The van der Waals surface area contributed by atoms with Crippen LogP contribution in [0.1, 0.15) is 96.0 Å². The number of carboxylic acids is 1. The number of nitrogens with zero attached hydrogens (tertiary/aromatic N) is 2. The van der Waals surface area contributed by atoms with E-state index in [1.165, 1.54) is 25.0 Å². The van der Waals surface area contributed by atoms with Gasteiger partial charge in [0, 0.05) is 38.0 Å². The van der Waals surface area contributed by atoms with E-state index in [0.29, 0.717) is 56.5 Å². The predicted molar refractivity (Wildman–Crippen MR) is 282 cm³/mol. The fourth-order valence-electron chi connectivity index (χ4n) is 8.10. The molecular formula is C49H83N15O12. The minimum atomic E-state index is -1.56. The van der Waals surface area contributed by atoms with Crippen molar-refractivity contribution in [2.45, 2.75) is 145 Å². The van der Waals surface area contributed by atoms with Crippen molar-refractivity contribution in [3.63, 3.8) is 0 Å². The molecule has 27 nitrogen and oxygen atoms in total. The van der Waals surface area contributed by atoms with Gasteiger partial charge in [0.25, 0.3) is 0 Å². The number of nitrogens with one attached hydrogen (secondary N) is 6. The second-order valence-corrected chi connectivity index (χ2v) is 18.4. The molecule has 76 heavy (non-hydrogen) atoms. The van der Waals surface area contributed by atoms with E-state index in [0.717, 1.165) is 0 Å². The highest BCUT2D eigenvalue weighted by atomic mass is 16.5. The Balaban J connectivity index is 2.26. The van der Waals surface area contributed by atoms with Crippen LogP contribution in [0.3, 0.4) is 0 Å². The van der Waals surface area contributed by atoms with Gasteiger partial charge in [-0.05, 0) is 115 Å². The SMILES string of the molecule is COc1ccc(CC(NC(=O)[C@@H]2CCCN2C(=O)[C@@H](CCCN)NC(=O)CNC(=O)[C@H](C)NC(=O)[C@@H](NC(=O)[C@@H](N)CCCCN)[C@@H](O)CN)C(=O)N[C@@H](CCCCN)C(=O)CC/C(=C\CCN=C(N)N)C(=O)O)cc1. The Bertz CT molecular complexity index is 2130. The summed E-state index contributed by atoms with van der Waals surface area (Å²) in [5, 5.41) is 35.6. The number of hydrogen-bond donors (Lipinski definition) is 15. The molecule has 1 aliphatic rings. The number of carbonyl (C=O) groups is 9. The van der Waals surface area contributed by atoms with Gasteiger partial charge in [-0.2, -0.15) is 0 Å². The van der Waals surface area contributed by atoms with E-state index < -0.39 is 115 Å². The number of unbranched alkanes of at least 4 members (excludes halogenated alkanes) is 2. The van der Waals surface area contributed by atoms with E-state index in [1.807, 2.05) is 0 Å². The quantitative estimate of drug-likeness (QED) is 0.0129. The van der Waals surface area contributed by atoms with Crippen LogP contribution in [0, 0.1) is 0 Å². The second-order valence-electron chi connectivity index (χ2n) is 18.4. The maximum atomic E-state index is 14.3. The molecule has 1 saturated heterocycles. The number of rotatable bonds is 37. The van der Waals surface area contributed by atoms with Gasteiger partial charge in [-0.3, -0.25) is 43.3 Å². The Morgan fingerprint density at radius 3 is 2.03 bits per heavy atom. The molecule has 0 spiro atoms. The number of methoxy groups -OCH3 is 1. The van der Waals surface area contributed by atoms with Crippen LogP contribution in [-0.4, -0.2) is 175 Å². The summed E-state index contributed by atoms with van der Waals surface area (Å²) < 4.78 is 5.28. The highest BCUT2D eigenvalue weighted by Crippen LogP contribution is 2.21. The van der Waals surface area contributed by atoms with E-state index in [-0.39, 0.29) is 89.0 Å². The van der Waals surface area contributed by atoms with Crippen LogP contribution < -0.4 is 76.8 Å². The van der Waals surface area contributed by atoms with E-state index in [2.05, 4.69) is 36.9 Å². The first-order chi connectivity index (χ1) is 36.2. The molecule has 0 aromatic heterocycles. The third-order valence-electron chi connectivity index (χ3n) is 12.5. The summed E-state index contributed by atoms with van der Waals surface area (Å²) >= 11 is 0. The third-order valence-corrected chi connectivity index (χ3v) is 12.5. The minimum absolute atomic E-state index is 0.0345. The summed E-state index contributed by atoms with van der Waals surface area (Å²) in [5.41, 5.74) is 39.8. The summed E-state index contributed by atoms with van der Waals surface area (Å²) in [6, 6.07) is -1.73. The largest absolute Gasteiger partial charge is 0.497 e. The van der Waals surface area contributed by atoms with Crippen molar-refractivity contribution >= 4 is 59.1 Å². The van der Waals surface area contributed by atoms with Gasteiger partial charge in [0.1, 0.15) is 36.0 Å². The van der Waals surface area contributed by atoms with Crippen molar-refractivity contribution < 1.29 is 58.1 Å². The van der Waals surface area contributed by atoms with E-state index in [4.69, 9.17) is 44.9 Å². The third kappa shape index (κ3) is 23.4. The standard InChI is InChI=1S/C49H83N15O12/c1-29(59-46(72)41(39(66)27-53)63-43(69)33(54)11-3-5-21-50)42(68)58-28-40(67)60-35(13-7-23-52)47(73)64-25-9-14-37(64)45(71)62-36(26-30-15-18-32(76-2)19-16-30)44(70)61-34(12-4-6-22-51)38(65)20-17-31(48(74)75)10-8-24-57-49(55)56/h10,15-16,18-19,29,33-37,39,41,66H,3-9,11-14,17,20-28,50-54H2,1-2H3,(H,58,68)(H,59,72)(H,60,67)(H,61,70)(H,62,71)(H,63,69)(H,74,75)(H4,55,56,57)/b31-10+/t29-,33-,34-,35+,36?,37-,39-,41-/m0/s1. The number of aliphatic carboxylic acids is 1. The number of nitrogens with two attached hydrogens (primary N) is 7. The molecular weight excluding hydrogens is 991 g/mol. The molecule has 1 aromatic rings. The molecule has 0 radical (unpaired) electrons. The number of aliphatic imine (C=N–C) groups is 1. The number of ether oxygens (including phenoxy) is 1. The van der Waals surface area contributed by atoms with Gasteiger partial charge in [0.05, 0.1) is 31.8 Å². The fraction of sp³-hybridized carbons (Fsp3) is 0.633. The Kier molecular flexibility index (Phi) is 30.5. The Morgan fingerprint density at radius 1 is 0.776 bits per heavy atom. The van der Waals surface area contributed by atoms with Crippen molar-refractivity contribution in [3.8, 4) is 5.75 Å². The lowest BCUT2D eigenvalue weighted by molar-refractivity contribution is -0.142. The number of amides is 7. The zero-order valence-corrected chi connectivity index (χ0v) is 43.8. The van der Waals surface area contributed by atoms with E-state index in [1.54, 1.807) is 24.3 Å². The zero-order valence-electron chi connectivity index (χ0n) is 43.8. The molecule has 1 fully saturated rings. The Hall–Kier alpha value is -6.78. The van der Waals surface area contributed by atoms with Crippen LogP contribution in [0.5, 0.6) is 5.75 Å². The lowest BCUT2D eigenvalue weighted by Gasteiger charge is -2.30. The van der Waals surface area contributed by atoms with Crippen LogP contribution >= 0.6 is 0 Å². The number of guanidine groups is 1. The Morgan fingerprint density at radius 2 is 1.42 bits per heavy atom. The molecule has 8 atom stereocenters. The highest BCUT2D eigenvalue weighted by Gasteiger charge is 2.39. The van der Waals surface area contributed by atoms with Crippen LogP contribution in [0.25, 0.3) is 0 Å². The number of carboxylic acid groups (broad SMARTS) is 1. The van der Waals surface area contributed by atoms with Crippen LogP contribution in [-0.2, 0) is 49.6 Å². The van der Waals surface area contributed by atoms with Crippen molar-refractivity contribution in [3.05, 3.63) is 41.5 Å². The number of likely N-dealkylation sites (tertiary alicyclic amines) is 1. The van der Waals surface area contributed by atoms with Gasteiger partial charge >= 0.3 is 5.97 Å². The van der Waals surface area contributed by atoms with E-state index in [9.17, 15) is 53.4 Å². The maximum absolute atomic E-state index is 14.3. The van der Waals surface area contributed by atoms with Crippen LogP contribution in [0.2, 0.25) is 0 Å². The van der Waals surface area contributed by atoms with Gasteiger partial charge < -0.3 is 91.9 Å². The first kappa shape index (κ1) is 65.3.